The van der Waals surface area contributed by atoms with Crippen molar-refractivity contribution in [3.05, 3.63) is 55.9 Å². The minimum absolute atomic E-state index is 0.0865. The topological polar surface area (TPSA) is 29.5 Å². The number of halogens is 3. The van der Waals surface area contributed by atoms with E-state index in [0.29, 0.717) is 22.1 Å². The summed E-state index contributed by atoms with van der Waals surface area (Å²) in [7, 11) is 0. The first-order chi connectivity index (χ1) is 8.60. The van der Waals surface area contributed by atoms with Gasteiger partial charge in [0, 0.05) is 14.5 Å². The van der Waals surface area contributed by atoms with Crippen LogP contribution < -0.4 is 4.74 Å². The maximum absolute atomic E-state index is 9.26. The van der Waals surface area contributed by atoms with Crippen LogP contribution in [0.25, 0.3) is 0 Å². The first-order valence-electron chi connectivity index (χ1n) is 5.12. The van der Waals surface area contributed by atoms with Crippen LogP contribution in [0.1, 0.15) is 5.56 Å². The van der Waals surface area contributed by atoms with E-state index in [0.717, 1.165) is 8.95 Å². The van der Waals surface area contributed by atoms with Crippen molar-refractivity contribution in [2.24, 2.45) is 0 Å². The summed E-state index contributed by atoms with van der Waals surface area (Å²) < 4.78 is 7.49. The molecule has 2 aromatic rings. The Kier molecular flexibility index (Phi) is 4.67. The third-order valence-corrected chi connectivity index (χ3v) is 3.60. The van der Waals surface area contributed by atoms with Crippen molar-refractivity contribution in [1.29, 1.82) is 0 Å². The molecule has 0 spiro atoms. The van der Waals surface area contributed by atoms with Gasteiger partial charge in [-0.25, -0.2) is 0 Å². The van der Waals surface area contributed by atoms with E-state index in [2.05, 4.69) is 31.9 Å². The lowest BCUT2D eigenvalue weighted by atomic mass is 10.2. The number of ether oxygens (including phenoxy) is 1. The SMILES string of the molecule is OCc1ccc(Br)cc1Oc1ccc(Br)cc1Cl. The summed E-state index contributed by atoms with van der Waals surface area (Å²) in [4.78, 5) is 0. The van der Waals surface area contributed by atoms with Crippen LogP contribution in [0.4, 0.5) is 0 Å². The Balaban J connectivity index is 2.36. The van der Waals surface area contributed by atoms with E-state index in [4.69, 9.17) is 16.3 Å². The van der Waals surface area contributed by atoms with E-state index in [1.807, 2.05) is 12.1 Å². The molecule has 5 heteroatoms. The normalized spacial score (nSPS) is 10.4. The molecule has 0 atom stereocenters. The molecule has 2 aromatic carbocycles. The van der Waals surface area contributed by atoms with Crippen LogP contribution in [0, 0.1) is 0 Å². The summed E-state index contributed by atoms with van der Waals surface area (Å²) in [5.74, 6) is 1.13. The number of hydrogen-bond donors (Lipinski definition) is 1. The summed E-state index contributed by atoms with van der Waals surface area (Å²) in [6.07, 6.45) is 0. The van der Waals surface area contributed by atoms with Crippen LogP contribution in [0.3, 0.4) is 0 Å². The zero-order valence-electron chi connectivity index (χ0n) is 9.16. The number of rotatable bonds is 3. The van der Waals surface area contributed by atoms with E-state index >= 15 is 0 Å². The van der Waals surface area contributed by atoms with Crippen molar-refractivity contribution in [1.82, 2.24) is 0 Å². The molecule has 0 heterocycles. The van der Waals surface area contributed by atoms with Gasteiger partial charge in [-0.05, 0) is 30.3 Å². The first-order valence-corrected chi connectivity index (χ1v) is 7.09. The zero-order valence-corrected chi connectivity index (χ0v) is 13.1. The van der Waals surface area contributed by atoms with Crippen LogP contribution in [0.15, 0.2) is 45.3 Å². The van der Waals surface area contributed by atoms with E-state index < -0.39 is 0 Å². The van der Waals surface area contributed by atoms with Gasteiger partial charge in [0.2, 0.25) is 0 Å². The summed E-state index contributed by atoms with van der Waals surface area (Å²) in [6.45, 7) is -0.0865. The van der Waals surface area contributed by atoms with Crippen LogP contribution in [-0.4, -0.2) is 5.11 Å². The van der Waals surface area contributed by atoms with Gasteiger partial charge in [-0.2, -0.15) is 0 Å². The molecule has 0 aromatic heterocycles. The minimum Gasteiger partial charge on any atom is -0.455 e. The molecule has 18 heavy (non-hydrogen) atoms. The van der Waals surface area contributed by atoms with Gasteiger partial charge in [-0.1, -0.05) is 49.5 Å². The Morgan fingerprint density at radius 1 is 1.00 bits per heavy atom. The van der Waals surface area contributed by atoms with Gasteiger partial charge < -0.3 is 9.84 Å². The van der Waals surface area contributed by atoms with Crippen molar-refractivity contribution in [3.8, 4) is 11.5 Å². The highest BCUT2D eigenvalue weighted by Gasteiger charge is 2.08. The molecule has 1 N–H and O–H groups in total. The first kappa shape index (κ1) is 13.9. The lowest BCUT2D eigenvalue weighted by Gasteiger charge is -2.11. The van der Waals surface area contributed by atoms with Crippen LogP contribution in [0.2, 0.25) is 5.02 Å². The Bertz CT molecular complexity index is 573. The van der Waals surface area contributed by atoms with Gasteiger partial charge in [-0.3, -0.25) is 0 Å². The monoisotopic (exact) mass is 390 g/mol. The van der Waals surface area contributed by atoms with E-state index in [1.165, 1.54) is 0 Å². The fraction of sp³-hybridized carbons (Fsp3) is 0.0769. The standard InChI is InChI=1S/C13H9Br2ClO2/c14-9-3-4-12(11(16)5-9)18-13-6-10(15)2-1-8(13)7-17/h1-6,17H,7H2. The molecule has 0 amide bonds. The Morgan fingerprint density at radius 2 is 1.67 bits per heavy atom. The predicted octanol–water partition coefficient (Wildman–Crippen LogP) is 5.15. The van der Waals surface area contributed by atoms with E-state index in [-0.39, 0.29) is 6.61 Å². The fourth-order valence-electron chi connectivity index (χ4n) is 1.43. The molecule has 2 nitrogen and oxygen atoms in total. The molecule has 0 aliphatic rings. The molecule has 0 bridgehead atoms. The average molecular weight is 392 g/mol. The quantitative estimate of drug-likeness (QED) is 0.783. The maximum Gasteiger partial charge on any atom is 0.146 e. The highest BCUT2D eigenvalue weighted by molar-refractivity contribution is 9.10. The lowest BCUT2D eigenvalue weighted by Crippen LogP contribution is -1.92. The van der Waals surface area contributed by atoms with Crippen molar-refractivity contribution in [2.45, 2.75) is 6.61 Å². The van der Waals surface area contributed by atoms with Crippen molar-refractivity contribution >= 4 is 43.5 Å². The van der Waals surface area contributed by atoms with Gasteiger partial charge in [0.25, 0.3) is 0 Å². The molecule has 94 valence electrons. The Morgan fingerprint density at radius 3 is 2.33 bits per heavy atom. The van der Waals surface area contributed by atoms with Gasteiger partial charge in [0.1, 0.15) is 11.5 Å². The zero-order chi connectivity index (χ0) is 13.1. The van der Waals surface area contributed by atoms with Crippen LogP contribution in [-0.2, 0) is 6.61 Å². The summed E-state index contributed by atoms with van der Waals surface area (Å²) in [5, 5.41) is 9.77. The smallest absolute Gasteiger partial charge is 0.146 e. The van der Waals surface area contributed by atoms with Gasteiger partial charge in [0.05, 0.1) is 11.6 Å². The van der Waals surface area contributed by atoms with Gasteiger partial charge in [-0.15, -0.1) is 0 Å². The Labute approximate surface area is 127 Å². The van der Waals surface area contributed by atoms with Crippen LogP contribution >= 0.6 is 43.5 Å². The number of benzene rings is 2. The third-order valence-electron chi connectivity index (χ3n) is 2.31. The lowest BCUT2D eigenvalue weighted by molar-refractivity contribution is 0.276. The predicted molar refractivity (Wildman–Crippen MR) is 79.3 cm³/mol. The highest BCUT2D eigenvalue weighted by Crippen LogP contribution is 2.34. The average Bonchev–Trinajstić information content (AvgIpc) is 2.33. The van der Waals surface area contributed by atoms with Crippen molar-refractivity contribution in [2.75, 3.05) is 0 Å². The van der Waals surface area contributed by atoms with E-state index in [9.17, 15) is 5.11 Å². The largest absolute Gasteiger partial charge is 0.455 e. The maximum atomic E-state index is 9.26. The van der Waals surface area contributed by atoms with E-state index in [1.54, 1.807) is 24.3 Å². The second-order valence-corrected chi connectivity index (χ2v) is 5.83. The molecule has 2 rings (SSSR count). The molecule has 0 unspecified atom stereocenters. The third kappa shape index (κ3) is 3.26. The van der Waals surface area contributed by atoms with Crippen LogP contribution in [0.5, 0.6) is 11.5 Å². The molecular weight excluding hydrogens is 383 g/mol. The molecule has 0 radical (unpaired) electrons. The second-order valence-electron chi connectivity index (χ2n) is 3.59. The van der Waals surface area contributed by atoms with Gasteiger partial charge >= 0.3 is 0 Å². The molecular formula is C13H9Br2ClO2. The highest BCUT2D eigenvalue weighted by atomic mass is 79.9. The molecule has 0 saturated heterocycles. The van der Waals surface area contributed by atoms with Crippen molar-refractivity contribution < 1.29 is 9.84 Å². The number of aliphatic hydroxyl groups is 1. The molecule has 0 aliphatic heterocycles. The second kappa shape index (κ2) is 6.06. The van der Waals surface area contributed by atoms with Gasteiger partial charge in [0.15, 0.2) is 0 Å². The minimum atomic E-state index is -0.0865. The molecule has 0 aliphatic carbocycles. The number of hydrogen-bond acceptors (Lipinski definition) is 2. The molecule has 0 fully saturated rings. The Hall–Kier alpha value is -0.550. The summed E-state index contributed by atoms with van der Waals surface area (Å²) in [6, 6.07) is 10.8. The fourth-order valence-corrected chi connectivity index (χ4v) is 2.48. The number of aliphatic hydroxyl groups excluding tert-OH is 1. The summed E-state index contributed by atoms with van der Waals surface area (Å²) in [5.41, 5.74) is 0.706. The van der Waals surface area contributed by atoms with Crippen molar-refractivity contribution in [3.63, 3.8) is 0 Å². The molecule has 0 saturated carbocycles. The summed E-state index contributed by atoms with van der Waals surface area (Å²) >= 11 is 12.8.